The lowest BCUT2D eigenvalue weighted by molar-refractivity contribution is -0.0275. The molecule has 0 amide bonds. The summed E-state index contributed by atoms with van der Waals surface area (Å²) >= 11 is 0. The molecule has 28 heavy (non-hydrogen) atoms. The van der Waals surface area contributed by atoms with Crippen molar-refractivity contribution in [3.05, 3.63) is 71.9 Å². The predicted octanol–water partition coefficient (Wildman–Crippen LogP) is 3.70. The fourth-order valence-corrected chi connectivity index (χ4v) is 4.32. The molecule has 1 aromatic carbocycles. The van der Waals surface area contributed by atoms with E-state index in [0.717, 1.165) is 56.0 Å². The third-order valence-electron chi connectivity index (χ3n) is 5.95. The Morgan fingerprint density at radius 3 is 2.71 bits per heavy atom. The molecule has 0 N–H and O–H groups in total. The van der Waals surface area contributed by atoms with E-state index in [1.165, 1.54) is 11.1 Å². The average molecular weight is 374 g/mol. The van der Waals surface area contributed by atoms with Gasteiger partial charge in [-0.05, 0) is 49.6 Å². The van der Waals surface area contributed by atoms with Crippen molar-refractivity contribution < 1.29 is 4.74 Å². The molecule has 0 bridgehead atoms. The quantitative estimate of drug-likeness (QED) is 0.701. The van der Waals surface area contributed by atoms with E-state index < -0.39 is 0 Å². The summed E-state index contributed by atoms with van der Waals surface area (Å²) in [6.45, 7) is 3.11. The van der Waals surface area contributed by atoms with Gasteiger partial charge in [0.1, 0.15) is 11.9 Å². The third kappa shape index (κ3) is 3.36. The first kappa shape index (κ1) is 17.6. The van der Waals surface area contributed by atoms with E-state index in [9.17, 15) is 0 Å². The van der Waals surface area contributed by atoms with Crippen LogP contribution in [0.25, 0.3) is 11.3 Å². The van der Waals surface area contributed by atoms with Crippen LogP contribution >= 0.6 is 0 Å². The lowest BCUT2D eigenvalue weighted by atomic mass is 10.00. The predicted molar refractivity (Wildman–Crippen MR) is 109 cm³/mol. The Hall–Kier alpha value is -2.50. The van der Waals surface area contributed by atoms with Crippen molar-refractivity contribution in [3.8, 4) is 11.3 Å². The van der Waals surface area contributed by atoms with Crippen LogP contribution in [0.5, 0.6) is 0 Å². The van der Waals surface area contributed by atoms with Gasteiger partial charge in [0.05, 0.1) is 11.8 Å². The molecule has 144 valence electrons. The van der Waals surface area contributed by atoms with Crippen molar-refractivity contribution >= 4 is 0 Å². The minimum absolute atomic E-state index is 0.113. The summed E-state index contributed by atoms with van der Waals surface area (Å²) in [4.78, 5) is 11.7. The van der Waals surface area contributed by atoms with E-state index in [1.54, 1.807) is 6.20 Å². The molecule has 1 fully saturated rings. The maximum absolute atomic E-state index is 6.74. The van der Waals surface area contributed by atoms with Gasteiger partial charge in [0, 0.05) is 43.8 Å². The van der Waals surface area contributed by atoms with Gasteiger partial charge in [-0.3, -0.25) is 4.98 Å². The number of hydrogen-bond donors (Lipinski definition) is 0. The van der Waals surface area contributed by atoms with Crippen molar-refractivity contribution in [2.75, 3.05) is 20.1 Å². The molecule has 2 aliphatic heterocycles. The van der Waals surface area contributed by atoms with E-state index >= 15 is 0 Å². The van der Waals surface area contributed by atoms with Gasteiger partial charge >= 0.3 is 0 Å². The van der Waals surface area contributed by atoms with Gasteiger partial charge in [-0.1, -0.05) is 24.3 Å². The van der Waals surface area contributed by atoms with Crippen LogP contribution in [-0.4, -0.2) is 45.7 Å². The second kappa shape index (κ2) is 7.49. The molecule has 0 aliphatic carbocycles. The molecule has 1 unspecified atom stereocenters. The van der Waals surface area contributed by atoms with E-state index in [1.807, 2.05) is 12.3 Å². The average Bonchev–Trinajstić information content (AvgIpc) is 3.11. The van der Waals surface area contributed by atoms with Gasteiger partial charge in [0.15, 0.2) is 0 Å². The van der Waals surface area contributed by atoms with Crippen molar-refractivity contribution in [2.24, 2.45) is 0 Å². The fourth-order valence-electron chi connectivity index (χ4n) is 4.32. The van der Waals surface area contributed by atoms with Gasteiger partial charge < -0.3 is 14.2 Å². The Morgan fingerprint density at radius 1 is 1.04 bits per heavy atom. The summed E-state index contributed by atoms with van der Waals surface area (Å²) in [5.74, 6) is 1.02. The minimum Gasteiger partial charge on any atom is -0.362 e. The first-order valence-electron chi connectivity index (χ1n) is 10.2. The summed E-state index contributed by atoms with van der Waals surface area (Å²) in [6.07, 6.45) is 9.14. The van der Waals surface area contributed by atoms with Gasteiger partial charge in [0.25, 0.3) is 0 Å². The van der Waals surface area contributed by atoms with Crippen molar-refractivity contribution in [2.45, 2.75) is 38.0 Å². The first-order chi connectivity index (χ1) is 13.8. The number of pyridine rings is 1. The summed E-state index contributed by atoms with van der Waals surface area (Å²) in [5, 5.41) is 0. The molecule has 1 saturated heterocycles. The lowest BCUT2D eigenvalue weighted by Gasteiger charge is -2.32. The van der Waals surface area contributed by atoms with Crippen LogP contribution in [-0.2, 0) is 17.7 Å². The molecule has 5 rings (SSSR count). The zero-order chi connectivity index (χ0) is 18.9. The Balaban J connectivity index is 1.53. The molecule has 0 saturated carbocycles. The van der Waals surface area contributed by atoms with E-state index in [-0.39, 0.29) is 12.2 Å². The Bertz CT molecular complexity index is 944. The molecule has 2 aromatic heterocycles. The number of piperidine rings is 1. The maximum Gasteiger partial charge on any atom is 0.143 e. The normalized spacial score (nSPS) is 20.4. The monoisotopic (exact) mass is 374 g/mol. The van der Waals surface area contributed by atoms with E-state index in [2.05, 4.69) is 58.0 Å². The number of fused-ring (bicyclic) bond motifs is 2. The first-order valence-corrected chi connectivity index (χ1v) is 10.2. The summed E-state index contributed by atoms with van der Waals surface area (Å²) < 4.78 is 9.02. The highest BCUT2D eigenvalue weighted by molar-refractivity contribution is 5.57. The summed E-state index contributed by atoms with van der Waals surface area (Å²) in [7, 11) is 2.18. The Morgan fingerprint density at radius 2 is 1.89 bits per heavy atom. The molecule has 3 aromatic rings. The molecule has 5 nitrogen and oxygen atoms in total. The highest BCUT2D eigenvalue weighted by atomic mass is 16.5. The van der Waals surface area contributed by atoms with Crippen LogP contribution in [0.3, 0.4) is 0 Å². The van der Waals surface area contributed by atoms with E-state index in [0.29, 0.717) is 0 Å². The standard InChI is InChI=1S/C23H26N4O/c1-26-12-9-19(10-13-26)28-22-20-7-3-2-5-17(20)8-14-27-16-21(25-23(22)27)18-6-4-11-24-15-18/h2-7,11,15-16,19,22H,8-10,12-14H2,1H3. The molecule has 0 radical (unpaired) electrons. The largest absolute Gasteiger partial charge is 0.362 e. The molecular formula is C23H26N4O. The van der Waals surface area contributed by atoms with Gasteiger partial charge in [-0.15, -0.1) is 0 Å². The number of aryl methyl sites for hydroxylation is 2. The number of rotatable bonds is 3. The highest BCUT2D eigenvalue weighted by Gasteiger charge is 2.30. The number of hydrogen-bond acceptors (Lipinski definition) is 4. The number of likely N-dealkylation sites (tertiary alicyclic amines) is 1. The topological polar surface area (TPSA) is 43.2 Å². The number of benzene rings is 1. The summed E-state index contributed by atoms with van der Waals surface area (Å²) in [6, 6.07) is 12.7. The molecule has 0 spiro atoms. The smallest absolute Gasteiger partial charge is 0.143 e. The number of nitrogens with zero attached hydrogens (tertiary/aromatic N) is 4. The van der Waals surface area contributed by atoms with Crippen LogP contribution in [0.4, 0.5) is 0 Å². The van der Waals surface area contributed by atoms with Crippen LogP contribution in [0.15, 0.2) is 55.0 Å². The van der Waals surface area contributed by atoms with Crippen LogP contribution in [0.2, 0.25) is 0 Å². The summed E-state index contributed by atoms with van der Waals surface area (Å²) in [5.41, 5.74) is 4.66. The molecule has 5 heteroatoms. The van der Waals surface area contributed by atoms with Gasteiger partial charge in [0.2, 0.25) is 0 Å². The lowest BCUT2D eigenvalue weighted by Crippen LogP contribution is -2.35. The molecular weight excluding hydrogens is 348 g/mol. The Kier molecular flexibility index (Phi) is 4.71. The number of imidazole rings is 1. The minimum atomic E-state index is -0.113. The number of aromatic nitrogens is 3. The second-order valence-electron chi connectivity index (χ2n) is 7.89. The van der Waals surface area contributed by atoms with Crippen LogP contribution in [0, 0.1) is 0 Å². The van der Waals surface area contributed by atoms with Crippen molar-refractivity contribution in [3.63, 3.8) is 0 Å². The number of ether oxygens (including phenoxy) is 1. The van der Waals surface area contributed by atoms with Crippen molar-refractivity contribution in [1.29, 1.82) is 0 Å². The van der Waals surface area contributed by atoms with Gasteiger partial charge in [-0.2, -0.15) is 0 Å². The van der Waals surface area contributed by atoms with E-state index in [4.69, 9.17) is 9.72 Å². The maximum atomic E-state index is 6.74. The van der Waals surface area contributed by atoms with Crippen LogP contribution in [0.1, 0.15) is 35.9 Å². The fraction of sp³-hybridized carbons (Fsp3) is 0.391. The SMILES string of the molecule is CN1CCC(OC2c3ccccc3CCn3cc(-c4cccnc4)nc32)CC1. The highest BCUT2D eigenvalue weighted by Crippen LogP contribution is 2.35. The zero-order valence-electron chi connectivity index (χ0n) is 16.3. The third-order valence-corrected chi connectivity index (χ3v) is 5.95. The van der Waals surface area contributed by atoms with Gasteiger partial charge in [-0.25, -0.2) is 4.98 Å². The second-order valence-corrected chi connectivity index (χ2v) is 7.89. The zero-order valence-corrected chi connectivity index (χ0v) is 16.3. The molecule has 4 heterocycles. The molecule has 1 atom stereocenters. The molecule has 2 aliphatic rings. The Labute approximate surface area is 166 Å². The van der Waals surface area contributed by atoms with Crippen LogP contribution < -0.4 is 0 Å². The van der Waals surface area contributed by atoms with Crippen molar-refractivity contribution in [1.82, 2.24) is 19.4 Å².